The van der Waals surface area contributed by atoms with Gasteiger partial charge >= 0.3 is 0 Å². The molecule has 0 radical (unpaired) electrons. The number of amides is 1. The SMILES string of the molecule is O=C(Cc1ccc(Br)cc1)N/N=C/c1ccc(OCc2ccc(Br)cc2)c(Br)c1. The van der Waals surface area contributed by atoms with Crippen LogP contribution in [0, 0.1) is 0 Å². The van der Waals surface area contributed by atoms with Crippen molar-refractivity contribution < 1.29 is 9.53 Å². The summed E-state index contributed by atoms with van der Waals surface area (Å²) in [5.74, 6) is 0.571. The second-order valence-corrected chi connectivity index (χ2v) is 8.89. The molecule has 3 aromatic rings. The summed E-state index contributed by atoms with van der Waals surface area (Å²) < 4.78 is 8.69. The standard InChI is InChI=1S/C22H17Br3N2O2/c23-18-6-1-15(2-7-18)12-22(28)27-26-13-17-5-10-21(20(25)11-17)29-14-16-3-8-19(24)9-4-16/h1-11,13H,12,14H2,(H,27,28)/b26-13+. The molecule has 0 aliphatic carbocycles. The van der Waals surface area contributed by atoms with E-state index in [1.54, 1.807) is 6.21 Å². The van der Waals surface area contributed by atoms with Gasteiger partial charge in [-0.15, -0.1) is 0 Å². The quantitative estimate of drug-likeness (QED) is 0.265. The van der Waals surface area contributed by atoms with E-state index in [4.69, 9.17) is 4.74 Å². The first kappa shape index (κ1) is 21.7. The lowest BCUT2D eigenvalue weighted by Gasteiger charge is -2.09. The predicted molar refractivity (Wildman–Crippen MR) is 126 cm³/mol. The van der Waals surface area contributed by atoms with E-state index in [1.165, 1.54) is 0 Å². The van der Waals surface area contributed by atoms with Gasteiger partial charge in [0.2, 0.25) is 5.91 Å². The van der Waals surface area contributed by atoms with Gasteiger partial charge in [0.05, 0.1) is 17.1 Å². The molecule has 3 aromatic carbocycles. The average molecular weight is 581 g/mol. The summed E-state index contributed by atoms with van der Waals surface area (Å²) in [5, 5.41) is 4.03. The van der Waals surface area contributed by atoms with E-state index in [2.05, 4.69) is 58.3 Å². The highest BCUT2D eigenvalue weighted by Crippen LogP contribution is 2.26. The van der Waals surface area contributed by atoms with Gasteiger partial charge in [-0.1, -0.05) is 56.1 Å². The molecule has 0 aromatic heterocycles. The molecule has 1 N–H and O–H groups in total. The molecule has 0 heterocycles. The van der Waals surface area contributed by atoms with Gasteiger partial charge in [0.15, 0.2) is 0 Å². The molecule has 29 heavy (non-hydrogen) atoms. The molecule has 7 heteroatoms. The molecular weight excluding hydrogens is 564 g/mol. The first-order valence-corrected chi connectivity index (χ1v) is 11.1. The number of carbonyl (C=O) groups excluding carboxylic acids is 1. The maximum atomic E-state index is 12.0. The molecule has 0 aliphatic rings. The topological polar surface area (TPSA) is 50.7 Å². The van der Waals surface area contributed by atoms with E-state index in [-0.39, 0.29) is 12.3 Å². The maximum Gasteiger partial charge on any atom is 0.244 e. The molecule has 0 saturated heterocycles. The zero-order valence-corrected chi connectivity index (χ0v) is 20.0. The van der Waals surface area contributed by atoms with Crippen LogP contribution >= 0.6 is 47.8 Å². The Morgan fingerprint density at radius 3 is 2.14 bits per heavy atom. The summed E-state index contributed by atoms with van der Waals surface area (Å²) in [6.45, 7) is 0.478. The van der Waals surface area contributed by atoms with Gasteiger partial charge in [0, 0.05) is 8.95 Å². The van der Waals surface area contributed by atoms with E-state index in [9.17, 15) is 4.79 Å². The second-order valence-electron chi connectivity index (χ2n) is 6.20. The predicted octanol–water partition coefficient (Wildman–Crippen LogP) is 6.25. The first-order valence-electron chi connectivity index (χ1n) is 8.73. The van der Waals surface area contributed by atoms with Crippen molar-refractivity contribution in [2.45, 2.75) is 13.0 Å². The zero-order valence-electron chi connectivity index (χ0n) is 15.2. The van der Waals surface area contributed by atoms with E-state index in [0.29, 0.717) is 6.61 Å². The molecule has 148 valence electrons. The van der Waals surface area contributed by atoms with Crippen LogP contribution in [0.1, 0.15) is 16.7 Å². The number of hydrogen-bond acceptors (Lipinski definition) is 3. The summed E-state index contributed by atoms with van der Waals surface area (Å²) in [6.07, 6.45) is 1.87. The Bertz CT molecular complexity index is 1000. The number of rotatable bonds is 7. The number of nitrogens with zero attached hydrogens (tertiary/aromatic N) is 1. The van der Waals surface area contributed by atoms with Crippen LogP contribution in [0.4, 0.5) is 0 Å². The summed E-state index contributed by atoms with van der Waals surface area (Å²) >= 11 is 10.3. The number of hydrogen-bond donors (Lipinski definition) is 1. The van der Waals surface area contributed by atoms with Crippen LogP contribution in [-0.2, 0) is 17.8 Å². The van der Waals surface area contributed by atoms with Crippen LogP contribution in [0.2, 0.25) is 0 Å². The molecule has 0 spiro atoms. The Morgan fingerprint density at radius 1 is 0.897 bits per heavy atom. The molecule has 3 rings (SSSR count). The lowest BCUT2D eigenvalue weighted by atomic mass is 10.1. The van der Waals surface area contributed by atoms with Gasteiger partial charge in [0.1, 0.15) is 12.4 Å². The highest BCUT2D eigenvalue weighted by molar-refractivity contribution is 9.11. The van der Waals surface area contributed by atoms with Crippen LogP contribution in [0.15, 0.2) is 85.2 Å². The fourth-order valence-corrected chi connectivity index (χ4v) is 3.50. The smallest absolute Gasteiger partial charge is 0.244 e. The van der Waals surface area contributed by atoms with E-state index < -0.39 is 0 Å². The third kappa shape index (κ3) is 7.10. The van der Waals surface area contributed by atoms with Crippen molar-refractivity contribution in [1.29, 1.82) is 0 Å². The molecule has 0 atom stereocenters. The van der Waals surface area contributed by atoms with Crippen LogP contribution < -0.4 is 10.2 Å². The highest BCUT2D eigenvalue weighted by atomic mass is 79.9. The van der Waals surface area contributed by atoms with Crippen LogP contribution in [0.5, 0.6) is 5.75 Å². The fraction of sp³-hybridized carbons (Fsp3) is 0.0909. The van der Waals surface area contributed by atoms with E-state index >= 15 is 0 Å². The number of ether oxygens (including phenoxy) is 1. The van der Waals surface area contributed by atoms with Gasteiger partial charge in [-0.05, 0) is 75.1 Å². The molecular formula is C22H17Br3N2O2. The van der Waals surface area contributed by atoms with Crippen molar-refractivity contribution in [3.8, 4) is 5.75 Å². The number of halogens is 3. The van der Waals surface area contributed by atoms with Crippen LogP contribution in [-0.4, -0.2) is 12.1 Å². The number of carbonyl (C=O) groups is 1. The summed E-state index contributed by atoms with van der Waals surface area (Å²) in [6, 6.07) is 21.2. The van der Waals surface area contributed by atoms with Gasteiger partial charge in [0.25, 0.3) is 0 Å². The average Bonchev–Trinajstić information content (AvgIpc) is 2.70. The molecule has 1 amide bonds. The third-order valence-electron chi connectivity index (χ3n) is 3.94. The Balaban J connectivity index is 1.51. The largest absolute Gasteiger partial charge is 0.488 e. The molecule has 0 aliphatic heterocycles. The van der Waals surface area contributed by atoms with Crippen molar-refractivity contribution in [2.75, 3.05) is 0 Å². The molecule has 4 nitrogen and oxygen atoms in total. The number of benzene rings is 3. The van der Waals surface area contributed by atoms with Gasteiger partial charge in [-0.2, -0.15) is 5.10 Å². The van der Waals surface area contributed by atoms with E-state index in [0.717, 1.165) is 35.9 Å². The number of hydrazone groups is 1. The van der Waals surface area contributed by atoms with E-state index in [1.807, 2.05) is 66.7 Å². The van der Waals surface area contributed by atoms with Crippen LogP contribution in [0.3, 0.4) is 0 Å². The molecule has 0 bridgehead atoms. The van der Waals surface area contributed by atoms with Gasteiger partial charge < -0.3 is 4.74 Å². The van der Waals surface area contributed by atoms with Crippen molar-refractivity contribution in [2.24, 2.45) is 5.10 Å². The van der Waals surface area contributed by atoms with Gasteiger partial charge in [-0.3, -0.25) is 4.79 Å². The molecule has 0 saturated carbocycles. The zero-order chi connectivity index (χ0) is 20.6. The molecule has 0 fully saturated rings. The van der Waals surface area contributed by atoms with Crippen molar-refractivity contribution in [3.05, 3.63) is 96.8 Å². The molecule has 0 unspecified atom stereocenters. The van der Waals surface area contributed by atoms with Crippen molar-refractivity contribution in [1.82, 2.24) is 5.43 Å². The Hall–Kier alpha value is -1.96. The highest BCUT2D eigenvalue weighted by Gasteiger charge is 2.04. The second kappa shape index (κ2) is 10.7. The van der Waals surface area contributed by atoms with Crippen LogP contribution in [0.25, 0.3) is 0 Å². The summed E-state index contributed by atoms with van der Waals surface area (Å²) in [4.78, 5) is 12.0. The summed E-state index contributed by atoms with van der Waals surface area (Å²) in [5.41, 5.74) is 5.40. The van der Waals surface area contributed by atoms with Gasteiger partial charge in [-0.25, -0.2) is 5.43 Å². The van der Waals surface area contributed by atoms with Crippen molar-refractivity contribution >= 4 is 59.9 Å². The Labute approximate surface area is 194 Å². The maximum absolute atomic E-state index is 12.0. The monoisotopic (exact) mass is 578 g/mol. The number of nitrogens with one attached hydrogen (secondary N) is 1. The lowest BCUT2D eigenvalue weighted by molar-refractivity contribution is -0.120. The fourth-order valence-electron chi connectivity index (χ4n) is 2.46. The summed E-state index contributed by atoms with van der Waals surface area (Å²) in [7, 11) is 0. The minimum atomic E-state index is -0.169. The first-order chi connectivity index (χ1) is 14.0. The normalized spacial score (nSPS) is 10.9. The minimum absolute atomic E-state index is 0.169. The Kier molecular flexibility index (Phi) is 8.03. The minimum Gasteiger partial charge on any atom is -0.488 e. The third-order valence-corrected chi connectivity index (χ3v) is 5.62. The lowest BCUT2D eigenvalue weighted by Crippen LogP contribution is -2.19. The van der Waals surface area contributed by atoms with Crippen molar-refractivity contribution in [3.63, 3.8) is 0 Å². The Morgan fingerprint density at radius 2 is 1.52 bits per heavy atom.